The number of aliphatic hydroxyl groups is 7. The number of fused-ring (bicyclic) bond motifs is 1. The Kier molecular flexibility index (Phi) is 7.58. The summed E-state index contributed by atoms with van der Waals surface area (Å²) >= 11 is 0. The SMILES string of the molecule is O=c1cc(-c2ccc(O)c(O)c2)oc2c([C@H]3OC[C@@H](O)[C@H](O)[C@H]3O)c(O)c([C@@H]3O[C@H](CO)[C@@H](O)[C@H](O)[C@H]3O)c(O)c12. The van der Waals surface area contributed by atoms with Gasteiger partial charge in [0.15, 0.2) is 22.5 Å². The molecule has 2 aromatic carbocycles. The van der Waals surface area contributed by atoms with E-state index in [0.29, 0.717) is 0 Å². The first kappa shape index (κ1) is 29.0. The maximum absolute atomic E-state index is 13.4. The number of aromatic hydroxyl groups is 4. The summed E-state index contributed by atoms with van der Waals surface area (Å²) in [5.41, 5.74) is -2.64. The molecule has 0 unspecified atom stereocenters. The monoisotopic (exact) mass is 580 g/mol. The highest BCUT2D eigenvalue weighted by molar-refractivity contribution is 5.92. The molecule has 0 amide bonds. The number of ether oxygens (including phenoxy) is 2. The Hall–Kier alpha value is -3.51. The van der Waals surface area contributed by atoms with E-state index in [4.69, 9.17) is 13.9 Å². The first-order chi connectivity index (χ1) is 19.4. The van der Waals surface area contributed by atoms with Gasteiger partial charge in [0.1, 0.15) is 77.6 Å². The topological polar surface area (TPSA) is 271 Å². The van der Waals surface area contributed by atoms with Crippen LogP contribution in [0.15, 0.2) is 33.5 Å². The summed E-state index contributed by atoms with van der Waals surface area (Å²) in [5.74, 6) is -3.21. The Morgan fingerprint density at radius 1 is 0.756 bits per heavy atom. The largest absolute Gasteiger partial charge is 0.507 e. The van der Waals surface area contributed by atoms with Gasteiger partial charge in [-0.2, -0.15) is 0 Å². The van der Waals surface area contributed by atoms with Gasteiger partial charge in [-0.1, -0.05) is 0 Å². The minimum atomic E-state index is -2.01. The number of aliphatic hydroxyl groups excluding tert-OH is 7. The van der Waals surface area contributed by atoms with Crippen LogP contribution in [0, 0.1) is 0 Å². The van der Waals surface area contributed by atoms with Crippen molar-refractivity contribution in [2.24, 2.45) is 0 Å². The first-order valence-corrected chi connectivity index (χ1v) is 12.4. The number of rotatable bonds is 4. The van der Waals surface area contributed by atoms with E-state index >= 15 is 0 Å². The molecule has 11 N–H and O–H groups in total. The van der Waals surface area contributed by atoms with Crippen LogP contribution in [0.4, 0.5) is 0 Å². The van der Waals surface area contributed by atoms with E-state index in [1.807, 2.05) is 0 Å². The molecule has 0 spiro atoms. The highest BCUT2D eigenvalue weighted by atomic mass is 16.5. The molecule has 15 heteroatoms. The highest BCUT2D eigenvalue weighted by Crippen LogP contribution is 2.50. The zero-order valence-corrected chi connectivity index (χ0v) is 21.0. The minimum Gasteiger partial charge on any atom is -0.507 e. The maximum Gasteiger partial charge on any atom is 0.197 e. The average Bonchev–Trinajstić information content (AvgIpc) is 2.93. The summed E-state index contributed by atoms with van der Waals surface area (Å²) < 4.78 is 16.8. The summed E-state index contributed by atoms with van der Waals surface area (Å²) in [6, 6.07) is 4.36. The molecule has 41 heavy (non-hydrogen) atoms. The fourth-order valence-electron chi connectivity index (χ4n) is 5.16. The van der Waals surface area contributed by atoms with Crippen molar-refractivity contribution < 1.29 is 70.1 Å². The number of benzene rings is 2. The molecule has 0 saturated carbocycles. The normalized spacial score (nSPS) is 32.3. The van der Waals surface area contributed by atoms with E-state index < -0.39 is 119 Å². The van der Waals surface area contributed by atoms with E-state index in [9.17, 15) is 61.0 Å². The molecule has 1 aromatic heterocycles. The number of hydrogen-bond acceptors (Lipinski definition) is 15. The smallest absolute Gasteiger partial charge is 0.197 e. The van der Waals surface area contributed by atoms with Crippen LogP contribution in [0.5, 0.6) is 23.0 Å². The second kappa shape index (κ2) is 10.7. The number of phenolic OH excluding ortho intramolecular Hbond substituents is 4. The Labute approximate surface area is 229 Å². The van der Waals surface area contributed by atoms with E-state index in [-0.39, 0.29) is 11.3 Å². The molecule has 0 radical (unpaired) electrons. The second-order valence-corrected chi connectivity index (χ2v) is 9.96. The molecular weight excluding hydrogens is 552 g/mol. The van der Waals surface area contributed by atoms with Gasteiger partial charge < -0.3 is 70.1 Å². The van der Waals surface area contributed by atoms with Crippen molar-refractivity contribution in [1.82, 2.24) is 0 Å². The third-order valence-electron chi connectivity index (χ3n) is 7.42. The molecule has 0 aliphatic carbocycles. The molecule has 5 rings (SSSR count). The van der Waals surface area contributed by atoms with Crippen LogP contribution in [-0.4, -0.2) is 112 Å². The zero-order chi connectivity index (χ0) is 29.9. The van der Waals surface area contributed by atoms with Crippen LogP contribution < -0.4 is 5.43 Å². The van der Waals surface area contributed by atoms with Crippen molar-refractivity contribution in [2.75, 3.05) is 13.2 Å². The zero-order valence-electron chi connectivity index (χ0n) is 21.0. The van der Waals surface area contributed by atoms with Crippen molar-refractivity contribution in [3.63, 3.8) is 0 Å². The van der Waals surface area contributed by atoms with Gasteiger partial charge in [-0.15, -0.1) is 0 Å². The molecule has 222 valence electrons. The predicted molar refractivity (Wildman–Crippen MR) is 134 cm³/mol. The quantitative estimate of drug-likeness (QED) is 0.148. The third kappa shape index (κ3) is 4.66. The second-order valence-electron chi connectivity index (χ2n) is 9.96. The predicted octanol–water partition coefficient (Wildman–Crippen LogP) is -2.05. The van der Waals surface area contributed by atoms with E-state index in [1.165, 1.54) is 6.07 Å². The lowest BCUT2D eigenvalue weighted by Gasteiger charge is -2.41. The van der Waals surface area contributed by atoms with Gasteiger partial charge in [-0.05, 0) is 18.2 Å². The van der Waals surface area contributed by atoms with Gasteiger partial charge in [-0.3, -0.25) is 4.79 Å². The molecule has 2 aliphatic heterocycles. The van der Waals surface area contributed by atoms with Gasteiger partial charge in [0.2, 0.25) is 0 Å². The first-order valence-electron chi connectivity index (χ1n) is 12.4. The van der Waals surface area contributed by atoms with Crippen molar-refractivity contribution in [2.45, 2.75) is 54.9 Å². The van der Waals surface area contributed by atoms with Crippen LogP contribution in [0.3, 0.4) is 0 Å². The number of hydrogen-bond donors (Lipinski definition) is 11. The van der Waals surface area contributed by atoms with Gasteiger partial charge >= 0.3 is 0 Å². The van der Waals surface area contributed by atoms with Crippen LogP contribution in [0.25, 0.3) is 22.3 Å². The van der Waals surface area contributed by atoms with Crippen LogP contribution >= 0.6 is 0 Å². The Morgan fingerprint density at radius 3 is 2.10 bits per heavy atom. The lowest BCUT2D eigenvalue weighted by Crippen LogP contribution is -2.55. The van der Waals surface area contributed by atoms with E-state index in [1.54, 1.807) is 0 Å². The van der Waals surface area contributed by atoms with E-state index in [0.717, 1.165) is 18.2 Å². The van der Waals surface area contributed by atoms with Crippen LogP contribution in [-0.2, 0) is 9.47 Å². The summed E-state index contributed by atoms with van der Waals surface area (Å²) in [5, 5.41) is 113. The molecule has 0 bridgehead atoms. The molecule has 15 nitrogen and oxygen atoms in total. The average molecular weight is 580 g/mol. The fourth-order valence-corrected chi connectivity index (χ4v) is 5.16. The van der Waals surface area contributed by atoms with E-state index in [2.05, 4.69) is 0 Å². The fraction of sp³-hybridized carbons (Fsp3) is 0.423. The van der Waals surface area contributed by atoms with Crippen molar-refractivity contribution in [3.8, 4) is 34.3 Å². The van der Waals surface area contributed by atoms with Crippen molar-refractivity contribution in [1.29, 1.82) is 0 Å². The lowest BCUT2D eigenvalue weighted by atomic mass is 9.85. The third-order valence-corrected chi connectivity index (χ3v) is 7.42. The van der Waals surface area contributed by atoms with Crippen LogP contribution in [0.1, 0.15) is 23.3 Å². The summed E-state index contributed by atoms with van der Waals surface area (Å²) in [7, 11) is 0. The van der Waals surface area contributed by atoms with Gasteiger partial charge in [0.05, 0.1) is 24.3 Å². The van der Waals surface area contributed by atoms with Gasteiger partial charge in [0, 0.05) is 11.6 Å². The lowest BCUT2D eigenvalue weighted by molar-refractivity contribution is -0.232. The van der Waals surface area contributed by atoms with Crippen molar-refractivity contribution >= 4 is 11.0 Å². The molecule has 9 atom stereocenters. The maximum atomic E-state index is 13.4. The summed E-state index contributed by atoms with van der Waals surface area (Å²) in [4.78, 5) is 13.4. The minimum absolute atomic E-state index is 0.0720. The molecular formula is C26H28O15. The van der Waals surface area contributed by atoms with Crippen LogP contribution in [0.2, 0.25) is 0 Å². The molecule has 2 fully saturated rings. The van der Waals surface area contributed by atoms with Gasteiger partial charge in [-0.25, -0.2) is 0 Å². The molecule has 2 saturated heterocycles. The summed E-state index contributed by atoms with van der Waals surface area (Å²) in [6.45, 7) is -1.39. The molecule has 3 aromatic rings. The Bertz CT molecular complexity index is 1520. The van der Waals surface area contributed by atoms with Gasteiger partial charge in [0.25, 0.3) is 0 Å². The Balaban J connectivity index is 1.81. The highest BCUT2D eigenvalue weighted by Gasteiger charge is 2.48. The number of phenols is 4. The summed E-state index contributed by atoms with van der Waals surface area (Å²) in [6.07, 6.45) is -16.0. The standard InChI is InChI=1S/C26H28O15/c27-5-13-18(33)21(36)23(38)26(41-13)15-19(34)14-10(30)4-12(7-1-2-8(28)9(29)3-7)40-24(14)16(20(15)35)25-22(37)17(32)11(31)6-39-25/h1-4,11,13,17-18,21-23,25-29,31-38H,5-6H2/t11-,13-,17+,18-,21+,22-,23-,25-,26+/m1/s1. The Morgan fingerprint density at radius 2 is 1.44 bits per heavy atom. The van der Waals surface area contributed by atoms with Crippen molar-refractivity contribution in [3.05, 3.63) is 45.6 Å². The molecule has 2 aliphatic rings. The molecule has 3 heterocycles.